The van der Waals surface area contributed by atoms with Gasteiger partial charge in [-0.25, -0.2) is 0 Å². The third-order valence-electron chi connectivity index (χ3n) is 3.80. The molecule has 0 bridgehead atoms. The molecule has 1 saturated heterocycles. The molecule has 0 spiro atoms. The second-order valence-corrected chi connectivity index (χ2v) is 5.72. The monoisotopic (exact) mass is 275 g/mol. The number of carbonyl (C=O) groups excluding carboxylic acids is 1. The van der Waals surface area contributed by atoms with Crippen LogP contribution in [-0.4, -0.2) is 44.0 Å². The minimum atomic E-state index is 0.0824. The van der Waals surface area contributed by atoms with Crippen LogP contribution in [0.2, 0.25) is 0 Å². The van der Waals surface area contributed by atoms with Gasteiger partial charge < -0.3 is 10.6 Å². The average molecular weight is 275 g/mol. The van der Waals surface area contributed by atoms with Gasteiger partial charge in [0.2, 0.25) is 5.91 Å². The van der Waals surface area contributed by atoms with Gasteiger partial charge in [0.25, 0.3) is 0 Å². The van der Waals surface area contributed by atoms with E-state index in [1.165, 1.54) is 18.4 Å². The topological polar surface area (TPSA) is 44.4 Å². The van der Waals surface area contributed by atoms with Gasteiger partial charge in [0, 0.05) is 12.2 Å². The molecule has 1 atom stereocenters. The first-order valence-electron chi connectivity index (χ1n) is 7.41. The van der Waals surface area contributed by atoms with E-state index in [0.717, 1.165) is 25.3 Å². The summed E-state index contributed by atoms with van der Waals surface area (Å²) in [7, 11) is 1.99. The number of nitrogens with one attached hydrogen (secondary N) is 2. The van der Waals surface area contributed by atoms with Gasteiger partial charge >= 0.3 is 0 Å². The Morgan fingerprint density at radius 1 is 1.35 bits per heavy atom. The zero-order chi connectivity index (χ0) is 14.4. The molecular formula is C16H25N3O. The number of hydrogen-bond donors (Lipinski definition) is 2. The van der Waals surface area contributed by atoms with Crippen LogP contribution in [0.3, 0.4) is 0 Å². The maximum absolute atomic E-state index is 12.1. The zero-order valence-electron chi connectivity index (χ0n) is 12.5. The summed E-state index contributed by atoms with van der Waals surface area (Å²) < 4.78 is 0. The zero-order valence-corrected chi connectivity index (χ0v) is 12.5. The van der Waals surface area contributed by atoms with Crippen molar-refractivity contribution in [2.75, 3.05) is 38.5 Å². The Hall–Kier alpha value is -1.39. The summed E-state index contributed by atoms with van der Waals surface area (Å²) in [5.74, 6) is 0.750. The first-order chi connectivity index (χ1) is 9.67. The maximum atomic E-state index is 12.1. The van der Waals surface area contributed by atoms with Crippen molar-refractivity contribution in [1.29, 1.82) is 0 Å². The first kappa shape index (κ1) is 15.0. The average Bonchev–Trinajstić information content (AvgIpc) is 2.42. The minimum absolute atomic E-state index is 0.0824. The van der Waals surface area contributed by atoms with Crippen LogP contribution in [0.25, 0.3) is 0 Å². The molecule has 1 aromatic rings. The first-order valence-corrected chi connectivity index (χ1v) is 7.41. The third-order valence-corrected chi connectivity index (χ3v) is 3.80. The highest BCUT2D eigenvalue weighted by molar-refractivity contribution is 5.92. The standard InChI is InChI=1S/C16H25N3O/c1-13-5-7-15(8-6-13)18-16(20)12-19-9-3-4-14(11-19)10-17-2/h5-8,14,17H,3-4,9-12H2,1-2H3,(H,18,20). The molecule has 4 heteroatoms. The molecular weight excluding hydrogens is 250 g/mol. The van der Waals surface area contributed by atoms with Crippen molar-refractivity contribution in [3.05, 3.63) is 29.8 Å². The van der Waals surface area contributed by atoms with Gasteiger partial charge in [-0.05, 0) is 58.0 Å². The number of amides is 1. The van der Waals surface area contributed by atoms with Crippen molar-refractivity contribution in [2.24, 2.45) is 5.92 Å². The lowest BCUT2D eigenvalue weighted by Crippen LogP contribution is -2.42. The molecule has 1 heterocycles. The van der Waals surface area contributed by atoms with E-state index in [1.54, 1.807) is 0 Å². The van der Waals surface area contributed by atoms with E-state index in [4.69, 9.17) is 0 Å². The van der Waals surface area contributed by atoms with Crippen molar-refractivity contribution in [3.8, 4) is 0 Å². The second kappa shape index (κ2) is 7.41. The second-order valence-electron chi connectivity index (χ2n) is 5.72. The number of nitrogens with zero attached hydrogens (tertiary/aromatic N) is 1. The lowest BCUT2D eigenvalue weighted by atomic mass is 9.98. The Labute approximate surface area is 121 Å². The van der Waals surface area contributed by atoms with Crippen molar-refractivity contribution >= 4 is 11.6 Å². The number of hydrogen-bond acceptors (Lipinski definition) is 3. The fraction of sp³-hybridized carbons (Fsp3) is 0.562. The molecule has 0 radical (unpaired) electrons. The number of rotatable bonds is 5. The Morgan fingerprint density at radius 3 is 2.80 bits per heavy atom. The van der Waals surface area contributed by atoms with Crippen molar-refractivity contribution in [2.45, 2.75) is 19.8 Å². The summed E-state index contributed by atoms with van der Waals surface area (Å²) in [6.45, 7) is 5.62. The molecule has 0 aromatic heterocycles. The number of anilines is 1. The van der Waals surface area contributed by atoms with Gasteiger partial charge in [-0.15, -0.1) is 0 Å². The van der Waals surface area contributed by atoms with Crippen LogP contribution in [0.5, 0.6) is 0 Å². The molecule has 1 aliphatic heterocycles. The molecule has 1 aliphatic rings. The predicted octanol–water partition coefficient (Wildman–Crippen LogP) is 1.86. The van der Waals surface area contributed by atoms with Crippen LogP contribution in [0, 0.1) is 12.8 Å². The van der Waals surface area contributed by atoms with Crippen LogP contribution in [0.15, 0.2) is 24.3 Å². The molecule has 1 unspecified atom stereocenters. The van der Waals surface area contributed by atoms with Crippen LogP contribution in [-0.2, 0) is 4.79 Å². The van der Waals surface area contributed by atoms with Gasteiger partial charge in [0.15, 0.2) is 0 Å². The van der Waals surface area contributed by atoms with Gasteiger partial charge in [0.1, 0.15) is 0 Å². The minimum Gasteiger partial charge on any atom is -0.325 e. The van der Waals surface area contributed by atoms with E-state index in [9.17, 15) is 4.79 Å². The van der Waals surface area contributed by atoms with E-state index < -0.39 is 0 Å². The van der Waals surface area contributed by atoms with Gasteiger partial charge in [0.05, 0.1) is 6.54 Å². The molecule has 0 aliphatic carbocycles. The molecule has 2 rings (SSSR count). The number of benzene rings is 1. The van der Waals surface area contributed by atoms with Crippen molar-refractivity contribution in [1.82, 2.24) is 10.2 Å². The predicted molar refractivity (Wildman–Crippen MR) is 82.9 cm³/mol. The smallest absolute Gasteiger partial charge is 0.238 e. The van der Waals surface area contributed by atoms with E-state index >= 15 is 0 Å². The van der Waals surface area contributed by atoms with Crippen LogP contribution < -0.4 is 10.6 Å². The fourth-order valence-electron chi connectivity index (χ4n) is 2.79. The molecule has 110 valence electrons. The summed E-state index contributed by atoms with van der Waals surface area (Å²) in [4.78, 5) is 14.3. The lowest BCUT2D eigenvalue weighted by molar-refractivity contribution is -0.117. The molecule has 0 saturated carbocycles. The number of likely N-dealkylation sites (tertiary alicyclic amines) is 1. The van der Waals surface area contributed by atoms with E-state index in [1.807, 2.05) is 38.2 Å². The molecule has 2 N–H and O–H groups in total. The SMILES string of the molecule is CNCC1CCCN(CC(=O)Nc2ccc(C)cc2)C1. The quantitative estimate of drug-likeness (QED) is 0.862. The Kier molecular flexibility index (Phi) is 5.56. The van der Waals surface area contributed by atoms with Crippen molar-refractivity contribution < 1.29 is 4.79 Å². The van der Waals surface area contributed by atoms with Crippen LogP contribution in [0.4, 0.5) is 5.69 Å². The molecule has 1 aromatic carbocycles. The largest absolute Gasteiger partial charge is 0.325 e. The summed E-state index contributed by atoms with van der Waals surface area (Å²) >= 11 is 0. The highest BCUT2D eigenvalue weighted by Crippen LogP contribution is 2.15. The number of aryl methyl sites for hydroxylation is 1. The molecule has 1 fully saturated rings. The third kappa shape index (κ3) is 4.62. The maximum Gasteiger partial charge on any atom is 0.238 e. The lowest BCUT2D eigenvalue weighted by Gasteiger charge is -2.32. The molecule has 1 amide bonds. The summed E-state index contributed by atoms with van der Waals surface area (Å²) in [6, 6.07) is 7.93. The van der Waals surface area contributed by atoms with Crippen LogP contribution in [0.1, 0.15) is 18.4 Å². The Bertz CT molecular complexity index is 428. The highest BCUT2D eigenvalue weighted by Gasteiger charge is 2.20. The van der Waals surface area contributed by atoms with Crippen LogP contribution >= 0.6 is 0 Å². The molecule has 20 heavy (non-hydrogen) atoms. The van der Waals surface area contributed by atoms with Gasteiger partial charge in [-0.1, -0.05) is 17.7 Å². The number of piperidine rings is 1. The summed E-state index contributed by atoms with van der Waals surface area (Å²) in [5.41, 5.74) is 2.08. The summed E-state index contributed by atoms with van der Waals surface area (Å²) in [5, 5.41) is 6.20. The van der Waals surface area contributed by atoms with Gasteiger partial charge in [-0.3, -0.25) is 9.69 Å². The normalized spacial score (nSPS) is 19.8. The van der Waals surface area contributed by atoms with E-state index in [0.29, 0.717) is 12.5 Å². The van der Waals surface area contributed by atoms with E-state index in [-0.39, 0.29) is 5.91 Å². The van der Waals surface area contributed by atoms with Gasteiger partial charge in [-0.2, -0.15) is 0 Å². The Balaban J connectivity index is 1.80. The Morgan fingerprint density at radius 2 is 2.10 bits per heavy atom. The fourth-order valence-corrected chi connectivity index (χ4v) is 2.79. The summed E-state index contributed by atoms with van der Waals surface area (Å²) in [6.07, 6.45) is 2.45. The van der Waals surface area contributed by atoms with E-state index in [2.05, 4.69) is 15.5 Å². The number of carbonyl (C=O) groups is 1. The highest BCUT2D eigenvalue weighted by atomic mass is 16.2. The molecule has 4 nitrogen and oxygen atoms in total. The van der Waals surface area contributed by atoms with Crippen molar-refractivity contribution in [3.63, 3.8) is 0 Å².